The molecular formula is C13H17N5. The van der Waals surface area contributed by atoms with E-state index in [4.69, 9.17) is 10.5 Å². The van der Waals surface area contributed by atoms with Gasteiger partial charge in [-0.25, -0.2) is 9.67 Å². The number of rotatable bonds is 4. The van der Waals surface area contributed by atoms with Crippen LogP contribution in [0.3, 0.4) is 0 Å². The van der Waals surface area contributed by atoms with E-state index in [1.54, 1.807) is 17.1 Å². The lowest BCUT2D eigenvalue weighted by Gasteiger charge is -2.16. The lowest BCUT2D eigenvalue weighted by molar-refractivity contribution is 0.403. The molecule has 0 aliphatic heterocycles. The zero-order chi connectivity index (χ0) is 13.8. The molecule has 0 saturated carbocycles. The molecule has 0 aliphatic rings. The van der Waals surface area contributed by atoms with Crippen molar-refractivity contribution in [3.8, 4) is 12.1 Å². The average Bonchev–Trinajstić information content (AvgIpc) is 2.76. The topological polar surface area (TPSA) is 78.3 Å². The van der Waals surface area contributed by atoms with Crippen LogP contribution in [0.15, 0.2) is 19.0 Å². The second-order valence-corrected chi connectivity index (χ2v) is 5.31. The molecule has 0 fully saturated rings. The van der Waals surface area contributed by atoms with Crippen molar-refractivity contribution >= 4 is 0 Å². The molecule has 18 heavy (non-hydrogen) atoms. The summed E-state index contributed by atoms with van der Waals surface area (Å²) in [6.07, 6.45) is 3.45. The van der Waals surface area contributed by atoms with Crippen LogP contribution >= 0.6 is 0 Å². The van der Waals surface area contributed by atoms with Gasteiger partial charge >= 0.3 is 0 Å². The third kappa shape index (κ3) is 2.95. The van der Waals surface area contributed by atoms with E-state index in [1.807, 2.05) is 32.9 Å². The summed E-state index contributed by atoms with van der Waals surface area (Å²) < 4.78 is 1.55. The van der Waals surface area contributed by atoms with Crippen molar-refractivity contribution < 1.29 is 0 Å². The van der Waals surface area contributed by atoms with Gasteiger partial charge in [-0.15, -0.1) is 6.58 Å². The molecule has 0 atom stereocenters. The van der Waals surface area contributed by atoms with Crippen LogP contribution in [0.2, 0.25) is 0 Å². The highest BCUT2D eigenvalue weighted by Crippen LogP contribution is 2.24. The molecule has 0 radical (unpaired) electrons. The smallest absolute Gasteiger partial charge is 0.166 e. The van der Waals surface area contributed by atoms with E-state index in [0.29, 0.717) is 12.2 Å². The molecule has 5 heteroatoms. The molecule has 1 aromatic rings. The molecule has 0 saturated heterocycles. The van der Waals surface area contributed by atoms with Crippen LogP contribution in [-0.2, 0) is 12.0 Å². The molecule has 0 bridgehead atoms. The summed E-state index contributed by atoms with van der Waals surface area (Å²) in [5, 5.41) is 22.6. The van der Waals surface area contributed by atoms with Crippen LogP contribution in [0.5, 0.6) is 0 Å². The Morgan fingerprint density at radius 2 is 2.00 bits per heavy atom. The fourth-order valence-corrected chi connectivity index (χ4v) is 1.49. The van der Waals surface area contributed by atoms with E-state index >= 15 is 0 Å². The molecular weight excluding hydrogens is 226 g/mol. The Labute approximate surface area is 107 Å². The lowest BCUT2D eigenvalue weighted by atomic mass is 9.88. The summed E-state index contributed by atoms with van der Waals surface area (Å²) in [6.45, 7) is 9.82. The Hall–Kier alpha value is -2.14. The quantitative estimate of drug-likeness (QED) is 0.759. The third-order valence-corrected chi connectivity index (χ3v) is 2.56. The number of hydrogen-bond donors (Lipinski definition) is 0. The first-order chi connectivity index (χ1) is 8.37. The Bertz CT molecular complexity index is 493. The van der Waals surface area contributed by atoms with Crippen LogP contribution in [0.25, 0.3) is 0 Å². The summed E-state index contributed by atoms with van der Waals surface area (Å²) in [5.74, 6) is 0.700. The van der Waals surface area contributed by atoms with Gasteiger partial charge in [0.1, 0.15) is 6.33 Å². The summed E-state index contributed by atoms with van der Waals surface area (Å²) in [7, 11) is 0. The Balaban J connectivity index is 2.97. The highest BCUT2D eigenvalue weighted by atomic mass is 15.3. The van der Waals surface area contributed by atoms with Crippen molar-refractivity contribution in [3.05, 3.63) is 24.8 Å². The molecule has 0 N–H and O–H groups in total. The molecule has 1 heterocycles. The number of aromatic nitrogens is 3. The predicted molar refractivity (Wildman–Crippen MR) is 67.2 cm³/mol. The molecule has 0 aliphatic carbocycles. The minimum absolute atomic E-state index is 0.147. The SMILES string of the molecule is C=CCC(C#N)(C#N)Cn1cnc(C(C)(C)C)n1. The van der Waals surface area contributed by atoms with Crippen molar-refractivity contribution in [2.75, 3.05) is 0 Å². The molecule has 0 spiro atoms. The maximum Gasteiger partial charge on any atom is 0.166 e. The number of nitrogens with zero attached hydrogens (tertiary/aromatic N) is 5. The van der Waals surface area contributed by atoms with Gasteiger partial charge < -0.3 is 0 Å². The second-order valence-electron chi connectivity index (χ2n) is 5.31. The summed E-state index contributed by atoms with van der Waals surface area (Å²) >= 11 is 0. The maximum atomic E-state index is 9.15. The van der Waals surface area contributed by atoms with Gasteiger partial charge in [-0.05, 0) is 6.42 Å². The summed E-state index contributed by atoms with van der Waals surface area (Å²) in [4.78, 5) is 4.21. The number of allylic oxidation sites excluding steroid dienone is 1. The molecule has 0 unspecified atom stereocenters. The first kappa shape index (κ1) is 13.9. The lowest BCUT2D eigenvalue weighted by Crippen LogP contribution is -2.24. The van der Waals surface area contributed by atoms with Crippen LogP contribution in [-0.4, -0.2) is 14.8 Å². The fourth-order valence-electron chi connectivity index (χ4n) is 1.49. The van der Waals surface area contributed by atoms with Crippen LogP contribution < -0.4 is 0 Å². The van der Waals surface area contributed by atoms with Gasteiger partial charge in [-0.3, -0.25) is 0 Å². The van der Waals surface area contributed by atoms with E-state index in [9.17, 15) is 0 Å². The molecule has 94 valence electrons. The van der Waals surface area contributed by atoms with Gasteiger partial charge in [0.2, 0.25) is 0 Å². The first-order valence-electron chi connectivity index (χ1n) is 5.70. The molecule has 1 rings (SSSR count). The zero-order valence-corrected chi connectivity index (χ0v) is 11.0. The van der Waals surface area contributed by atoms with Crippen LogP contribution in [0, 0.1) is 28.1 Å². The average molecular weight is 243 g/mol. The van der Waals surface area contributed by atoms with E-state index < -0.39 is 5.41 Å². The van der Waals surface area contributed by atoms with Gasteiger partial charge in [0.05, 0.1) is 18.7 Å². The summed E-state index contributed by atoms with van der Waals surface area (Å²) in [6, 6.07) is 4.08. The minimum Gasteiger partial charge on any atom is -0.250 e. The van der Waals surface area contributed by atoms with Gasteiger partial charge in [0, 0.05) is 5.41 Å². The van der Waals surface area contributed by atoms with E-state index in [-0.39, 0.29) is 12.0 Å². The Kier molecular flexibility index (Phi) is 3.88. The van der Waals surface area contributed by atoms with E-state index in [0.717, 1.165) is 0 Å². The van der Waals surface area contributed by atoms with E-state index in [1.165, 1.54) is 0 Å². The van der Waals surface area contributed by atoms with Gasteiger partial charge in [0.25, 0.3) is 0 Å². The third-order valence-electron chi connectivity index (χ3n) is 2.56. The van der Waals surface area contributed by atoms with Crippen molar-refractivity contribution in [3.63, 3.8) is 0 Å². The maximum absolute atomic E-state index is 9.15. The van der Waals surface area contributed by atoms with Crippen LogP contribution in [0.1, 0.15) is 33.0 Å². The predicted octanol–water partition coefficient (Wildman–Crippen LogP) is 2.19. The van der Waals surface area contributed by atoms with Gasteiger partial charge in [-0.2, -0.15) is 15.6 Å². The van der Waals surface area contributed by atoms with Crippen molar-refractivity contribution in [1.29, 1.82) is 10.5 Å². The standard InChI is InChI=1S/C13H17N5/c1-5-6-13(7-14,8-15)9-18-10-16-11(17-18)12(2,3)4/h5,10H,1,6,9H2,2-4H3. The Morgan fingerprint density at radius 1 is 1.39 bits per heavy atom. The van der Waals surface area contributed by atoms with Gasteiger partial charge in [-0.1, -0.05) is 26.8 Å². The highest BCUT2D eigenvalue weighted by molar-refractivity contribution is 5.15. The monoisotopic (exact) mass is 243 g/mol. The van der Waals surface area contributed by atoms with Crippen LogP contribution in [0.4, 0.5) is 0 Å². The largest absolute Gasteiger partial charge is 0.250 e. The molecule has 1 aromatic heterocycles. The second kappa shape index (κ2) is 5.01. The van der Waals surface area contributed by atoms with Crippen molar-refractivity contribution in [2.24, 2.45) is 5.41 Å². The zero-order valence-electron chi connectivity index (χ0n) is 11.0. The normalized spacial score (nSPS) is 11.6. The number of nitriles is 2. The summed E-state index contributed by atoms with van der Waals surface area (Å²) in [5.41, 5.74) is -1.27. The number of hydrogen-bond acceptors (Lipinski definition) is 4. The van der Waals surface area contributed by atoms with Gasteiger partial charge in [0.15, 0.2) is 11.2 Å². The van der Waals surface area contributed by atoms with Crippen molar-refractivity contribution in [2.45, 2.75) is 39.2 Å². The first-order valence-corrected chi connectivity index (χ1v) is 5.70. The molecule has 5 nitrogen and oxygen atoms in total. The molecule has 0 aromatic carbocycles. The minimum atomic E-state index is -1.12. The molecule has 0 amide bonds. The van der Waals surface area contributed by atoms with Crippen molar-refractivity contribution in [1.82, 2.24) is 14.8 Å². The fraction of sp³-hybridized carbons (Fsp3) is 0.538. The Morgan fingerprint density at radius 3 is 2.39 bits per heavy atom. The van der Waals surface area contributed by atoms with E-state index in [2.05, 4.69) is 16.7 Å². The highest BCUT2D eigenvalue weighted by Gasteiger charge is 2.30.